The Morgan fingerprint density at radius 2 is 1.86 bits per heavy atom. The lowest BCUT2D eigenvalue weighted by Gasteiger charge is -2.15. The maximum Gasteiger partial charge on any atom is 0.166 e. The van der Waals surface area contributed by atoms with E-state index in [4.69, 9.17) is 12.2 Å². The maximum atomic E-state index is 5.24. The molecule has 0 saturated heterocycles. The number of hydrogen-bond acceptors (Lipinski definition) is 1. The zero-order valence-electron chi connectivity index (χ0n) is 8.72. The van der Waals surface area contributed by atoms with Crippen molar-refractivity contribution >= 4 is 17.3 Å². The van der Waals surface area contributed by atoms with Gasteiger partial charge >= 0.3 is 0 Å². The van der Waals surface area contributed by atoms with Gasteiger partial charge in [-0.2, -0.15) is 0 Å². The molecule has 0 heterocycles. The lowest BCUT2D eigenvalue weighted by Crippen LogP contribution is -2.41. The minimum absolute atomic E-state index is 0.649. The molecule has 0 radical (unpaired) electrons. The number of hydrogen-bond donors (Lipinski definition) is 2. The van der Waals surface area contributed by atoms with E-state index in [1.54, 1.807) is 0 Å². The minimum atomic E-state index is 0.649. The standard InChI is InChI=1S/C11H20N2S/c14-11(12-8-7-9-5-6-9)13-10-3-1-2-4-10/h9-10H,1-8H2,(H2,12,13,14). The van der Waals surface area contributed by atoms with E-state index >= 15 is 0 Å². The van der Waals surface area contributed by atoms with Crippen LogP contribution in [-0.2, 0) is 0 Å². The summed E-state index contributed by atoms with van der Waals surface area (Å²) in [5.74, 6) is 0.997. The summed E-state index contributed by atoms with van der Waals surface area (Å²) in [7, 11) is 0. The van der Waals surface area contributed by atoms with Crippen molar-refractivity contribution in [3.63, 3.8) is 0 Å². The molecule has 0 amide bonds. The Kier molecular flexibility index (Phi) is 3.62. The third-order valence-corrected chi connectivity index (χ3v) is 3.49. The predicted octanol–water partition coefficient (Wildman–Crippen LogP) is 2.19. The molecule has 2 N–H and O–H groups in total. The summed E-state index contributed by atoms with van der Waals surface area (Å²) >= 11 is 5.24. The first-order valence-electron chi connectivity index (χ1n) is 5.89. The van der Waals surface area contributed by atoms with Crippen molar-refractivity contribution in [2.45, 2.75) is 51.0 Å². The first-order chi connectivity index (χ1) is 6.84. The molecule has 80 valence electrons. The van der Waals surface area contributed by atoms with E-state index in [1.165, 1.54) is 44.9 Å². The second-order valence-corrected chi connectivity index (χ2v) is 5.02. The van der Waals surface area contributed by atoms with Gasteiger partial charge in [-0.1, -0.05) is 25.7 Å². The molecule has 2 saturated carbocycles. The van der Waals surface area contributed by atoms with Gasteiger partial charge in [0.15, 0.2) is 5.11 Å². The van der Waals surface area contributed by atoms with Crippen LogP contribution >= 0.6 is 12.2 Å². The molecule has 0 atom stereocenters. The number of nitrogens with one attached hydrogen (secondary N) is 2. The third kappa shape index (κ3) is 3.45. The van der Waals surface area contributed by atoms with Crippen molar-refractivity contribution in [3.8, 4) is 0 Å². The molecule has 0 aliphatic heterocycles. The van der Waals surface area contributed by atoms with Crippen LogP contribution in [0.4, 0.5) is 0 Å². The summed E-state index contributed by atoms with van der Waals surface area (Å²) in [6.07, 6.45) is 9.49. The van der Waals surface area contributed by atoms with Crippen LogP contribution in [0.15, 0.2) is 0 Å². The zero-order valence-corrected chi connectivity index (χ0v) is 9.54. The molecule has 0 spiro atoms. The minimum Gasteiger partial charge on any atom is -0.363 e. The van der Waals surface area contributed by atoms with E-state index in [0.29, 0.717) is 6.04 Å². The molecule has 0 unspecified atom stereocenters. The highest BCUT2D eigenvalue weighted by Crippen LogP contribution is 2.31. The second kappa shape index (κ2) is 4.96. The fourth-order valence-electron chi connectivity index (χ4n) is 2.10. The molecule has 2 aliphatic carbocycles. The molecule has 14 heavy (non-hydrogen) atoms. The van der Waals surface area contributed by atoms with Gasteiger partial charge in [-0.05, 0) is 37.4 Å². The molecule has 2 nitrogen and oxygen atoms in total. The van der Waals surface area contributed by atoms with E-state index in [0.717, 1.165) is 17.6 Å². The highest BCUT2D eigenvalue weighted by atomic mass is 32.1. The van der Waals surface area contributed by atoms with Gasteiger partial charge in [0.1, 0.15) is 0 Å². The van der Waals surface area contributed by atoms with Crippen LogP contribution in [0, 0.1) is 5.92 Å². The van der Waals surface area contributed by atoms with Gasteiger partial charge in [0.05, 0.1) is 0 Å². The summed E-state index contributed by atoms with van der Waals surface area (Å²) in [6.45, 7) is 1.06. The predicted molar refractivity (Wildman–Crippen MR) is 63.3 cm³/mol. The van der Waals surface area contributed by atoms with Gasteiger partial charge < -0.3 is 10.6 Å². The Morgan fingerprint density at radius 1 is 1.14 bits per heavy atom. The van der Waals surface area contributed by atoms with Gasteiger partial charge in [-0.3, -0.25) is 0 Å². The Morgan fingerprint density at radius 3 is 2.50 bits per heavy atom. The summed E-state index contributed by atoms with van der Waals surface area (Å²) in [5, 5.41) is 7.57. The van der Waals surface area contributed by atoms with Crippen LogP contribution in [0.2, 0.25) is 0 Å². The summed E-state index contributed by atoms with van der Waals surface area (Å²) in [5.41, 5.74) is 0. The van der Waals surface area contributed by atoms with Crippen LogP contribution in [0.1, 0.15) is 44.9 Å². The van der Waals surface area contributed by atoms with Gasteiger partial charge in [-0.15, -0.1) is 0 Å². The van der Waals surface area contributed by atoms with E-state index in [-0.39, 0.29) is 0 Å². The van der Waals surface area contributed by atoms with Crippen LogP contribution in [0.25, 0.3) is 0 Å². The van der Waals surface area contributed by atoms with Gasteiger partial charge in [0.2, 0.25) is 0 Å². The van der Waals surface area contributed by atoms with Crippen molar-refractivity contribution in [1.82, 2.24) is 10.6 Å². The van der Waals surface area contributed by atoms with Gasteiger partial charge in [-0.25, -0.2) is 0 Å². The quantitative estimate of drug-likeness (QED) is 0.699. The fourth-order valence-corrected chi connectivity index (χ4v) is 2.37. The highest BCUT2D eigenvalue weighted by Gasteiger charge is 2.20. The molecule has 0 bridgehead atoms. The Balaban J connectivity index is 1.53. The van der Waals surface area contributed by atoms with Crippen molar-refractivity contribution in [1.29, 1.82) is 0 Å². The summed E-state index contributed by atoms with van der Waals surface area (Å²) in [6, 6.07) is 0.649. The summed E-state index contributed by atoms with van der Waals surface area (Å²) in [4.78, 5) is 0. The van der Waals surface area contributed by atoms with Crippen LogP contribution < -0.4 is 10.6 Å². The monoisotopic (exact) mass is 212 g/mol. The lowest BCUT2D eigenvalue weighted by molar-refractivity contribution is 0.613. The van der Waals surface area contributed by atoms with E-state index in [2.05, 4.69) is 10.6 Å². The highest BCUT2D eigenvalue weighted by molar-refractivity contribution is 7.80. The van der Waals surface area contributed by atoms with Crippen molar-refractivity contribution < 1.29 is 0 Å². The topological polar surface area (TPSA) is 24.1 Å². The first kappa shape index (κ1) is 10.2. The average Bonchev–Trinajstić information content (AvgIpc) is 2.83. The normalized spacial score (nSPS) is 22.3. The van der Waals surface area contributed by atoms with E-state index < -0.39 is 0 Å². The number of rotatable bonds is 4. The molecule has 2 fully saturated rings. The third-order valence-electron chi connectivity index (χ3n) is 3.23. The molecule has 0 aromatic rings. The fraction of sp³-hybridized carbons (Fsp3) is 0.909. The average molecular weight is 212 g/mol. The van der Waals surface area contributed by atoms with Crippen molar-refractivity contribution in [2.24, 2.45) is 5.92 Å². The number of thiocarbonyl (C=S) groups is 1. The van der Waals surface area contributed by atoms with E-state index in [1.807, 2.05) is 0 Å². The van der Waals surface area contributed by atoms with Crippen molar-refractivity contribution in [2.75, 3.05) is 6.54 Å². The van der Waals surface area contributed by atoms with Gasteiger partial charge in [0, 0.05) is 12.6 Å². The molecular formula is C11H20N2S. The zero-order chi connectivity index (χ0) is 9.80. The molecule has 2 rings (SSSR count). The molecular weight excluding hydrogens is 192 g/mol. The lowest BCUT2D eigenvalue weighted by atomic mass is 10.2. The SMILES string of the molecule is S=C(NCCC1CC1)NC1CCCC1. The molecule has 2 aliphatic rings. The molecule has 0 aromatic heterocycles. The van der Waals surface area contributed by atoms with Crippen LogP contribution in [-0.4, -0.2) is 17.7 Å². The van der Waals surface area contributed by atoms with Crippen molar-refractivity contribution in [3.05, 3.63) is 0 Å². The second-order valence-electron chi connectivity index (χ2n) is 4.61. The van der Waals surface area contributed by atoms with Crippen LogP contribution in [0.5, 0.6) is 0 Å². The Bertz CT molecular complexity index is 195. The Hall–Kier alpha value is -0.310. The van der Waals surface area contributed by atoms with E-state index in [9.17, 15) is 0 Å². The Labute approximate surface area is 91.8 Å². The maximum absolute atomic E-state index is 5.24. The largest absolute Gasteiger partial charge is 0.363 e. The molecule has 0 aromatic carbocycles. The van der Waals surface area contributed by atoms with Crippen LogP contribution in [0.3, 0.4) is 0 Å². The van der Waals surface area contributed by atoms with Gasteiger partial charge in [0.25, 0.3) is 0 Å². The summed E-state index contributed by atoms with van der Waals surface area (Å²) < 4.78 is 0. The smallest absolute Gasteiger partial charge is 0.166 e. The molecule has 3 heteroatoms. The first-order valence-corrected chi connectivity index (χ1v) is 6.30.